The minimum Gasteiger partial charge on any atom is -0.449 e. The van der Waals surface area contributed by atoms with Crippen molar-refractivity contribution in [3.8, 4) is 11.5 Å². The molecule has 0 aliphatic carbocycles. The van der Waals surface area contributed by atoms with Crippen molar-refractivity contribution in [2.45, 2.75) is 44.4 Å². The lowest BCUT2D eigenvalue weighted by molar-refractivity contribution is -0.0431. The molecule has 9 heteroatoms. The first-order valence-corrected chi connectivity index (χ1v) is 14.3. The fourth-order valence-electron chi connectivity index (χ4n) is 5.89. The number of benzene rings is 2. The summed E-state index contributed by atoms with van der Waals surface area (Å²) in [6, 6.07) is 15.4. The predicted octanol–water partition coefficient (Wildman–Crippen LogP) is 6.67. The summed E-state index contributed by atoms with van der Waals surface area (Å²) >= 11 is 12.0. The first-order chi connectivity index (χ1) is 19.2. The van der Waals surface area contributed by atoms with E-state index in [1.54, 1.807) is 12.3 Å². The van der Waals surface area contributed by atoms with E-state index in [-0.39, 0.29) is 11.4 Å². The molecule has 1 fully saturated rings. The van der Waals surface area contributed by atoms with E-state index in [0.29, 0.717) is 24.0 Å². The van der Waals surface area contributed by atoms with Crippen LogP contribution in [0, 0.1) is 0 Å². The number of halogens is 2. The van der Waals surface area contributed by atoms with Gasteiger partial charge in [0, 0.05) is 56.2 Å². The van der Waals surface area contributed by atoms with Crippen molar-refractivity contribution in [2.24, 2.45) is 0 Å². The molecule has 40 heavy (non-hydrogen) atoms. The summed E-state index contributed by atoms with van der Waals surface area (Å²) in [5, 5.41) is 4.22. The number of carbonyl (C=O) groups excluding carboxylic acids is 1. The molecule has 1 spiro atoms. The summed E-state index contributed by atoms with van der Waals surface area (Å²) in [5.41, 5.74) is 3.94. The van der Waals surface area contributed by atoms with Crippen molar-refractivity contribution >= 4 is 41.0 Å². The van der Waals surface area contributed by atoms with Gasteiger partial charge in [0.15, 0.2) is 11.5 Å². The summed E-state index contributed by atoms with van der Waals surface area (Å²) < 4.78 is 12.1. The zero-order valence-corrected chi connectivity index (χ0v) is 24.1. The minimum atomic E-state index is -0.738. The first-order valence-electron chi connectivity index (χ1n) is 13.6. The van der Waals surface area contributed by atoms with Crippen LogP contribution in [0.4, 0.5) is 10.5 Å². The standard InChI is InChI=1S/C31H32Cl2N4O3/c1-30(2)39-26-17-24-25(18-27(26)40-30)37(29(38)35-19-22-9-12-34-28(33)16-22)20-31(24)10-14-36(15-11-31)13-3-4-21-5-7-23(32)8-6-21/h3-9,12,16-18H,10-11,13-15,19-20H2,1-2H3,(H,35,38). The maximum absolute atomic E-state index is 13.5. The number of fused-ring (bicyclic) bond motifs is 3. The molecular weight excluding hydrogens is 547 g/mol. The highest BCUT2D eigenvalue weighted by Gasteiger charge is 2.48. The molecular formula is C31H32Cl2N4O3. The highest BCUT2D eigenvalue weighted by Crippen LogP contribution is 2.53. The molecule has 4 heterocycles. The van der Waals surface area contributed by atoms with E-state index < -0.39 is 5.79 Å². The van der Waals surface area contributed by atoms with Gasteiger partial charge in [-0.1, -0.05) is 47.5 Å². The van der Waals surface area contributed by atoms with Crippen LogP contribution in [0.15, 0.2) is 60.8 Å². The first kappa shape index (κ1) is 26.9. The van der Waals surface area contributed by atoms with Crippen LogP contribution in [0.1, 0.15) is 43.4 Å². The minimum absolute atomic E-state index is 0.141. The van der Waals surface area contributed by atoms with Crippen LogP contribution in [0.3, 0.4) is 0 Å². The van der Waals surface area contributed by atoms with Gasteiger partial charge in [-0.25, -0.2) is 9.78 Å². The zero-order chi connectivity index (χ0) is 27.9. The van der Waals surface area contributed by atoms with Gasteiger partial charge in [-0.2, -0.15) is 0 Å². The third-order valence-corrected chi connectivity index (χ3v) is 8.39. The maximum atomic E-state index is 13.5. The Labute approximate surface area is 244 Å². The quantitative estimate of drug-likeness (QED) is 0.342. The topological polar surface area (TPSA) is 66.9 Å². The van der Waals surface area contributed by atoms with Crippen LogP contribution in [-0.4, -0.2) is 47.9 Å². The van der Waals surface area contributed by atoms with Gasteiger partial charge in [0.05, 0.1) is 5.69 Å². The molecule has 0 saturated carbocycles. The molecule has 7 nitrogen and oxygen atoms in total. The van der Waals surface area contributed by atoms with Gasteiger partial charge in [-0.05, 0) is 73.0 Å². The Hall–Kier alpha value is -3.26. The molecule has 6 rings (SSSR count). The van der Waals surface area contributed by atoms with Crippen LogP contribution in [-0.2, 0) is 12.0 Å². The fraction of sp³-hybridized carbons (Fsp3) is 0.355. The van der Waals surface area contributed by atoms with E-state index in [0.717, 1.165) is 65.6 Å². The monoisotopic (exact) mass is 578 g/mol. The van der Waals surface area contributed by atoms with E-state index in [2.05, 4.69) is 33.4 Å². The summed E-state index contributed by atoms with van der Waals surface area (Å²) in [7, 11) is 0. The molecule has 3 aliphatic heterocycles. The van der Waals surface area contributed by atoms with Crippen molar-refractivity contribution in [1.82, 2.24) is 15.2 Å². The normalized spacial score (nSPS) is 18.9. The molecule has 0 radical (unpaired) electrons. The van der Waals surface area contributed by atoms with Gasteiger partial charge in [-0.3, -0.25) is 9.80 Å². The highest BCUT2D eigenvalue weighted by molar-refractivity contribution is 6.30. The van der Waals surface area contributed by atoms with Crippen LogP contribution in [0.25, 0.3) is 6.08 Å². The molecule has 1 aromatic heterocycles. The number of hydrogen-bond donors (Lipinski definition) is 1. The molecule has 3 aliphatic rings. The van der Waals surface area contributed by atoms with Crippen LogP contribution in [0.5, 0.6) is 11.5 Å². The summed E-state index contributed by atoms with van der Waals surface area (Å²) in [6.07, 6.45) is 7.87. The Morgan fingerprint density at radius 2 is 1.77 bits per heavy atom. The van der Waals surface area contributed by atoms with Crippen molar-refractivity contribution in [2.75, 3.05) is 31.1 Å². The average molecular weight is 580 g/mol. The number of anilines is 1. The van der Waals surface area contributed by atoms with Crippen molar-refractivity contribution in [1.29, 1.82) is 0 Å². The number of aromatic nitrogens is 1. The molecule has 0 unspecified atom stereocenters. The average Bonchev–Trinajstić information content (AvgIpc) is 3.40. The smallest absolute Gasteiger partial charge is 0.322 e. The van der Waals surface area contributed by atoms with Gasteiger partial charge in [0.1, 0.15) is 5.15 Å². The predicted molar refractivity (Wildman–Crippen MR) is 158 cm³/mol. The largest absolute Gasteiger partial charge is 0.449 e. The van der Waals surface area contributed by atoms with E-state index in [4.69, 9.17) is 32.7 Å². The van der Waals surface area contributed by atoms with Gasteiger partial charge < -0.3 is 14.8 Å². The zero-order valence-electron chi connectivity index (χ0n) is 22.6. The third kappa shape index (κ3) is 5.51. The number of ether oxygens (including phenoxy) is 2. The second-order valence-corrected chi connectivity index (χ2v) is 12.0. The van der Waals surface area contributed by atoms with E-state index in [1.165, 1.54) is 0 Å². The number of amides is 2. The Bertz CT molecular complexity index is 1450. The second-order valence-electron chi connectivity index (χ2n) is 11.2. The third-order valence-electron chi connectivity index (χ3n) is 7.93. The van der Waals surface area contributed by atoms with Gasteiger partial charge in [0.25, 0.3) is 0 Å². The van der Waals surface area contributed by atoms with Crippen LogP contribution in [0.2, 0.25) is 10.2 Å². The fourth-order valence-corrected chi connectivity index (χ4v) is 6.21. The molecule has 1 saturated heterocycles. The molecule has 2 aromatic carbocycles. The van der Waals surface area contributed by atoms with E-state index in [1.807, 2.05) is 55.1 Å². The van der Waals surface area contributed by atoms with E-state index >= 15 is 0 Å². The van der Waals surface area contributed by atoms with E-state index in [9.17, 15) is 4.79 Å². The molecule has 208 valence electrons. The molecule has 2 amide bonds. The number of nitrogens with one attached hydrogen (secondary N) is 1. The van der Waals surface area contributed by atoms with Crippen LogP contribution < -0.4 is 19.7 Å². The number of piperidine rings is 1. The molecule has 1 N–H and O–H groups in total. The number of urea groups is 1. The summed E-state index contributed by atoms with van der Waals surface area (Å²) in [4.78, 5) is 21.9. The Morgan fingerprint density at radius 3 is 2.50 bits per heavy atom. The van der Waals surface area contributed by atoms with Gasteiger partial charge in [-0.15, -0.1) is 0 Å². The Kier molecular flexibility index (Phi) is 7.15. The van der Waals surface area contributed by atoms with Crippen LogP contribution >= 0.6 is 23.2 Å². The maximum Gasteiger partial charge on any atom is 0.322 e. The lowest BCUT2D eigenvalue weighted by Gasteiger charge is -2.39. The van der Waals surface area contributed by atoms with Gasteiger partial charge >= 0.3 is 6.03 Å². The number of rotatable bonds is 5. The van der Waals surface area contributed by atoms with Gasteiger partial charge in [0.2, 0.25) is 5.79 Å². The molecule has 0 bridgehead atoms. The molecule has 3 aromatic rings. The number of nitrogens with zero attached hydrogens (tertiary/aromatic N) is 3. The number of carbonyl (C=O) groups is 1. The highest BCUT2D eigenvalue weighted by atomic mass is 35.5. The second kappa shape index (κ2) is 10.6. The summed E-state index contributed by atoms with van der Waals surface area (Å²) in [5.74, 6) is 0.673. The molecule has 0 atom stereocenters. The summed E-state index contributed by atoms with van der Waals surface area (Å²) in [6.45, 7) is 7.53. The van der Waals surface area contributed by atoms with Crippen molar-refractivity contribution in [3.05, 3.63) is 87.7 Å². The Balaban J connectivity index is 1.19. The van der Waals surface area contributed by atoms with Crippen molar-refractivity contribution < 1.29 is 14.3 Å². The SMILES string of the molecule is CC1(C)Oc2cc3c(cc2O1)C1(CCN(CC=Cc2ccc(Cl)cc2)CC1)CN3C(=O)NCc1ccnc(Cl)c1. The van der Waals surface area contributed by atoms with Crippen molar-refractivity contribution in [3.63, 3.8) is 0 Å². The lowest BCUT2D eigenvalue weighted by Crippen LogP contribution is -2.47. The number of hydrogen-bond acceptors (Lipinski definition) is 5. The number of likely N-dealkylation sites (tertiary alicyclic amines) is 1. The lowest BCUT2D eigenvalue weighted by atomic mass is 9.74. The number of pyridine rings is 1. The Morgan fingerprint density at radius 1 is 1.05 bits per heavy atom.